The molecule has 2 amide bonds. The number of pyridine rings is 1. The van der Waals surface area contributed by atoms with Gasteiger partial charge in [-0.3, -0.25) is 18.8 Å². The van der Waals surface area contributed by atoms with Crippen molar-refractivity contribution in [2.24, 2.45) is 0 Å². The van der Waals surface area contributed by atoms with Crippen LogP contribution in [0.4, 0.5) is 5.69 Å². The van der Waals surface area contributed by atoms with Crippen molar-refractivity contribution in [1.82, 2.24) is 14.7 Å². The molecule has 1 aromatic carbocycles. The number of anilines is 1. The van der Waals surface area contributed by atoms with E-state index in [4.69, 9.17) is 4.74 Å². The quantitative estimate of drug-likeness (QED) is 0.622. The number of carbonyl (C=O) groups is 2. The standard InChI is InChI=1S/C21H22N4O4/c1-13-6-4-9-18-23-12-16(21(28)25(13)18)20(27)24-17-8-5-7-15(14(17)2)19(26)22-10-11-29-3/h4-9,12H,10-11H2,1-3H3,(H,22,26)(H,24,27). The summed E-state index contributed by atoms with van der Waals surface area (Å²) in [5.41, 5.74) is 2.11. The fourth-order valence-electron chi connectivity index (χ4n) is 3.00. The van der Waals surface area contributed by atoms with E-state index in [9.17, 15) is 14.4 Å². The highest BCUT2D eigenvalue weighted by Crippen LogP contribution is 2.19. The van der Waals surface area contributed by atoms with Gasteiger partial charge in [-0.25, -0.2) is 4.98 Å². The van der Waals surface area contributed by atoms with Gasteiger partial charge in [-0.15, -0.1) is 0 Å². The van der Waals surface area contributed by atoms with Crippen LogP contribution in [-0.4, -0.2) is 41.5 Å². The third-order valence-electron chi connectivity index (χ3n) is 4.59. The van der Waals surface area contributed by atoms with E-state index in [2.05, 4.69) is 15.6 Å². The predicted molar refractivity (Wildman–Crippen MR) is 110 cm³/mol. The Balaban J connectivity index is 1.88. The molecule has 2 heterocycles. The molecule has 0 radical (unpaired) electrons. The summed E-state index contributed by atoms with van der Waals surface area (Å²) in [4.78, 5) is 42.1. The summed E-state index contributed by atoms with van der Waals surface area (Å²) in [6.45, 7) is 4.29. The Hall–Kier alpha value is -3.52. The number of hydrogen-bond donors (Lipinski definition) is 2. The van der Waals surface area contributed by atoms with Gasteiger partial charge >= 0.3 is 0 Å². The summed E-state index contributed by atoms with van der Waals surface area (Å²) in [6.07, 6.45) is 1.27. The largest absolute Gasteiger partial charge is 0.383 e. The van der Waals surface area contributed by atoms with E-state index < -0.39 is 11.5 Å². The van der Waals surface area contributed by atoms with Gasteiger partial charge in [0.2, 0.25) is 0 Å². The lowest BCUT2D eigenvalue weighted by Gasteiger charge is -2.13. The van der Waals surface area contributed by atoms with Crippen LogP contribution in [0.5, 0.6) is 0 Å². The summed E-state index contributed by atoms with van der Waals surface area (Å²) in [6, 6.07) is 10.3. The molecule has 3 aromatic rings. The maximum atomic E-state index is 12.8. The molecule has 0 atom stereocenters. The second kappa shape index (κ2) is 8.66. The lowest BCUT2D eigenvalue weighted by molar-refractivity contribution is 0.0935. The van der Waals surface area contributed by atoms with Crippen molar-refractivity contribution in [3.63, 3.8) is 0 Å². The molecule has 0 aliphatic heterocycles. The zero-order chi connectivity index (χ0) is 21.0. The minimum absolute atomic E-state index is 0.0776. The van der Waals surface area contributed by atoms with E-state index in [1.54, 1.807) is 57.4 Å². The van der Waals surface area contributed by atoms with Crippen LogP contribution < -0.4 is 16.2 Å². The Morgan fingerprint density at radius 1 is 1.07 bits per heavy atom. The van der Waals surface area contributed by atoms with Crippen molar-refractivity contribution in [2.45, 2.75) is 13.8 Å². The minimum atomic E-state index is -0.583. The van der Waals surface area contributed by atoms with Crippen molar-refractivity contribution >= 4 is 23.1 Å². The molecular weight excluding hydrogens is 372 g/mol. The molecule has 3 rings (SSSR count). The molecule has 29 heavy (non-hydrogen) atoms. The molecular formula is C21H22N4O4. The maximum absolute atomic E-state index is 12.8. The highest BCUT2D eigenvalue weighted by molar-refractivity contribution is 6.05. The van der Waals surface area contributed by atoms with Gasteiger partial charge in [-0.05, 0) is 43.7 Å². The first-order chi connectivity index (χ1) is 13.9. The predicted octanol–water partition coefficient (Wildman–Crippen LogP) is 1.94. The SMILES string of the molecule is COCCNC(=O)c1cccc(NC(=O)c2cnc3cccc(C)n3c2=O)c1C. The molecule has 0 fully saturated rings. The summed E-state index contributed by atoms with van der Waals surface area (Å²) in [7, 11) is 1.55. The first kappa shape index (κ1) is 20.2. The average molecular weight is 394 g/mol. The summed E-state index contributed by atoms with van der Waals surface area (Å²) in [5, 5.41) is 5.47. The molecule has 2 aromatic heterocycles. The van der Waals surface area contributed by atoms with Gasteiger partial charge in [0, 0.05) is 36.8 Å². The number of nitrogens with zero attached hydrogens (tertiary/aromatic N) is 2. The number of benzene rings is 1. The zero-order valence-electron chi connectivity index (χ0n) is 16.5. The summed E-state index contributed by atoms with van der Waals surface area (Å²) < 4.78 is 6.31. The van der Waals surface area contributed by atoms with Gasteiger partial charge < -0.3 is 15.4 Å². The number of fused-ring (bicyclic) bond motifs is 1. The highest BCUT2D eigenvalue weighted by Gasteiger charge is 2.17. The lowest BCUT2D eigenvalue weighted by Crippen LogP contribution is -2.29. The molecule has 2 N–H and O–H groups in total. The summed E-state index contributed by atoms with van der Waals surface area (Å²) >= 11 is 0. The normalized spacial score (nSPS) is 10.7. The van der Waals surface area contributed by atoms with Gasteiger partial charge in [0.15, 0.2) is 0 Å². The molecule has 0 unspecified atom stereocenters. The van der Waals surface area contributed by atoms with E-state index in [1.165, 1.54) is 10.6 Å². The highest BCUT2D eigenvalue weighted by atomic mass is 16.5. The Labute approximate surface area is 167 Å². The van der Waals surface area contributed by atoms with Gasteiger partial charge in [-0.1, -0.05) is 12.1 Å². The van der Waals surface area contributed by atoms with E-state index in [0.717, 1.165) is 0 Å². The van der Waals surface area contributed by atoms with Crippen molar-refractivity contribution in [2.75, 3.05) is 25.6 Å². The number of hydrogen-bond acceptors (Lipinski definition) is 5. The van der Waals surface area contributed by atoms with Crippen molar-refractivity contribution in [3.8, 4) is 0 Å². The molecule has 8 nitrogen and oxygen atoms in total. The first-order valence-electron chi connectivity index (χ1n) is 9.09. The Kier molecular flexibility index (Phi) is 6.04. The van der Waals surface area contributed by atoms with E-state index >= 15 is 0 Å². The van der Waals surface area contributed by atoms with E-state index in [-0.39, 0.29) is 11.5 Å². The molecule has 0 aliphatic rings. The van der Waals surface area contributed by atoms with E-state index in [0.29, 0.717) is 41.3 Å². The van der Waals surface area contributed by atoms with Crippen LogP contribution in [0.2, 0.25) is 0 Å². The van der Waals surface area contributed by atoms with Crippen LogP contribution in [0.3, 0.4) is 0 Å². The van der Waals surface area contributed by atoms with Crippen LogP contribution in [0, 0.1) is 13.8 Å². The van der Waals surface area contributed by atoms with Crippen LogP contribution in [0.15, 0.2) is 47.4 Å². The van der Waals surface area contributed by atoms with Crippen LogP contribution in [0.25, 0.3) is 5.65 Å². The third kappa shape index (κ3) is 4.17. The monoisotopic (exact) mass is 394 g/mol. The first-order valence-corrected chi connectivity index (χ1v) is 9.09. The van der Waals surface area contributed by atoms with Crippen LogP contribution in [0.1, 0.15) is 32.0 Å². The minimum Gasteiger partial charge on any atom is -0.383 e. The fourth-order valence-corrected chi connectivity index (χ4v) is 3.00. The number of aromatic nitrogens is 2. The molecule has 0 spiro atoms. The average Bonchev–Trinajstić information content (AvgIpc) is 2.70. The van der Waals surface area contributed by atoms with Crippen molar-refractivity contribution in [3.05, 3.63) is 75.3 Å². The number of nitrogens with one attached hydrogen (secondary N) is 2. The number of ether oxygens (including phenoxy) is 1. The molecule has 0 saturated heterocycles. The topological polar surface area (TPSA) is 102 Å². The molecule has 0 aliphatic carbocycles. The lowest BCUT2D eigenvalue weighted by atomic mass is 10.1. The zero-order valence-corrected chi connectivity index (χ0v) is 16.5. The Bertz CT molecular complexity index is 1140. The number of aryl methyl sites for hydroxylation is 1. The van der Waals surface area contributed by atoms with Gasteiger partial charge in [0.25, 0.3) is 17.4 Å². The van der Waals surface area contributed by atoms with Gasteiger partial charge in [0.05, 0.1) is 6.61 Å². The second-order valence-corrected chi connectivity index (χ2v) is 6.52. The van der Waals surface area contributed by atoms with Gasteiger partial charge in [0.1, 0.15) is 11.2 Å². The number of methoxy groups -OCH3 is 1. The number of rotatable bonds is 6. The molecule has 0 bridgehead atoms. The summed E-state index contributed by atoms with van der Waals surface area (Å²) in [5.74, 6) is -0.848. The molecule has 8 heteroatoms. The number of carbonyl (C=O) groups excluding carboxylic acids is 2. The molecule has 0 saturated carbocycles. The number of amides is 2. The van der Waals surface area contributed by atoms with Crippen molar-refractivity contribution < 1.29 is 14.3 Å². The second-order valence-electron chi connectivity index (χ2n) is 6.52. The van der Waals surface area contributed by atoms with Gasteiger partial charge in [-0.2, -0.15) is 0 Å². The Morgan fingerprint density at radius 2 is 1.83 bits per heavy atom. The fraction of sp³-hybridized carbons (Fsp3) is 0.238. The van der Waals surface area contributed by atoms with Crippen LogP contribution >= 0.6 is 0 Å². The third-order valence-corrected chi connectivity index (χ3v) is 4.59. The molecule has 150 valence electrons. The smallest absolute Gasteiger partial charge is 0.270 e. The van der Waals surface area contributed by atoms with Crippen molar-refractivity contribution in [1.29, 1.82) is 0 Å². The Morgan fingerprint density at radius 3 is 2.59 bits per heavy atom. The van der Waals surface area contributed by atoms with E-state index in [1.807, 2.05) is 0 Å². The van der Waals surface area contributed by atoms with Crippen LogP contribution in [-0.2, 0) is 4.74 Å². The maximum Gasteiger partial charge on any atom is 0.270 e.